The zero-order chi connectivity index (χ0) is 14.0. The molecule has 4 heteroatoms. The second-order valence-corrected chi connectivity index (χ2v) is 5.74. The molecule has 1 aromatic heterocycles. The molecule has 0 radical (unpaired) electrons. The lowest BCUT2D eigenvalue weighted by Gasteiger charge is -2.26. The lowest BCUT2D eigenvalue weighted by atomic mass is 10.0. The van der Waals surface area contributed by atoms with Gasteiger partial charge in [0.1, 0.15) is 0 Å². The number of hydrogen-bond donors (Lipinski definition) is 1. The fourth-order valence-electron chi connectivity index (χ4n) is 2.26. The molecule has 104 valence electrons. The van der Waals surface area contributed by atoms with Crippen LogP contribution in [0.4, 0.5) is 5.95 Å². The number of rotatable bonds is 5. The fourth-order valence-corrected chi connectivity index (χ4v) is 2.26. The minimum absolute atomic E-state index is 0.394. The fraction of sp³-hybridized carbons (Fsp3) is 0.533. The number of nitrogens with zero attached hydrogens (tertiary/aromatic N) is 3. The quantitative estimate of drug-likeness (QED) is 0.897. The first-order chi connectivity index (χ1) is 8.99. The van der Waals surface area contributed by atoms with Crippen LogP contribution in [0.2, 0.25) is 0 Å². The van der Waals surface area contributed by atoms with Crippen molar-refractivity contribution in [3.8, 4) is 0 Å². The number of nitrogens with one attached hydrogen (secondary N) is 1. The topological polar surface area (TPSA) is 33.1 Å². The van der Waals surface area contributed by atoms with Crippen LogP contribution in [0.15, 0.2) is 24.3 Å². The van der Waals surface area contributed by atoms with E-state index in [0.717, 1.165) is 23.5 Å². The summed E-state index contributed by atoms with van der Waals surface area (Å²) in [6.45, 7) is 5.48. The van der Waals surface area contributed by atoms with Crippen molar-refractivity contribution in [2.75, 3.05) is 26.0 Å². The molecular weight excluding hydrogens is 236 g/mol. The number of imidazole rings is 1. The van der Waals surface area contributed by atoms with E-state index in [2.05, 4.69) is 66.9 Å². The molecule has 1 atom stereocenters. The monoisotopic (exact) mass is 260 g/mol. The maximum atomic E-state index is 4.68. The molecule has 0 spiro atoms. The molecule has 1 aromatic carbocycles. The van der Waals surface area contributed by atoms with E-state index in [0.29, 0.717) is 12.0 Å². The zero-order valence-corrected chi connectivity index (χ0v) is 12.5. The van der Waals surface area contributed by atoms with Gasteiger partial charge in [-0.2, -0.15) is 0 Å². The average molecular weight is 260 g/mol. The van der Waals surface area contributed by atoms with E-state index in [1.165, 1.54) is 0 Å². The van der Waals surface area contributed by atoms with Gasteiger partial charge in [-0.15, -0.1) is 0 Å². The highest BCUT2D eigenvalue weighted by Gasteiger charge is 2.17. The van der Waals surface area contributed by atoms with Gasteiger partial charge in [0, 0.05) is 19.6 Å². The molecule has 0 amide bonds. The van der Waals surface area contributed by atoms with Crippen molar-refractivity contribution in [1.29, 1.82) is 0 Å². The number of benzene rings is 1. The Balaban J connectivity index is 2.26. The third kappa shape index (κ3) is 3.07. The van der Waals surface area contributed by atoms with Gasteiger partial charge < -0.3 is 14.8 Å². The summed E-state index contributed by atoms with van der Waals surface area (Å²) >= 11 is 0. The molecule has 1 unspecified atom stereocenters. The molecule has 0 saturated carbocycles. The predicted molar refractivity (Wildman–Crippen MR) is 81.5 cm³/mol. The maximum absolute atomic E-state index is 4.68. The summed E-state index contributed by atoms with van der Waals surface area (Å²) in [4.78, 5) is 6.88. The van der Waals surface area contributed by atoms with Gasteiger partial charge in [0.05, 0.1) is 11.0 Å². The van der Waals surface area contributed by atoms with Crippen LogP contribution in [0.5, 0.6) is 0 Å². The van der Waals surface area contributed by atoms with Crippen molar-refractivity contribution in [1.82, 2.24) is 14.5 Å². The van der Waals surface area contributed by atoms with Crippen LogP contribution in [0.3, 0.4) is 0 Å². The molecule has 0 aliphatic carbocycles. The molecule has 0 aliphatic rings. The highest BCUT2D eigenvalue weighted by molar-refractivity contribution is 5.78. The van der Waals surface area contributed by atoms with Crippen molar-refractivity contribution in [2.45, 2.75) is 19.9 Å². The highest BCUT2D eigenvalue weighted by Crippen LogP contribution is 2.19. The summed E-state index contributed by atoms with van der Waals surface area (Å²) in [5.41, 5.74) is 2.21. The van der Waals surface area contributed by atoms with E-state index < -0.39 is 0 Å². The third-order valence-corrected chi connectivity index (χ3v) is 3.47. The van der Waals surface area contributed by atoms with E-state index >= 15 is 0 Å². The largest absolute Gasteiger partial charge is 0.351 e. The summed E-state index contributed by atoms with van der Waals surface area (Å²) in [6.07, 6.45) is 0. The maximum Gasteiger partial charge on any atom is 0.203 e. The second-order valence-electron chi connectivity index (χ2n) is 5.74. The van der Waals surface area contributed by atoms with Crippen molar-refractivity contribution in [3.05, 3.63) is 24.3 Å². The van der Waals surface area contributed by atoms with Crippen LogP contribution in [-0.2, 0) is 7.05 Å². The van der Waals surface area contributed by atoms with Crippen LogP contribution in [0.25, 0.3) is 11.0 Å². The average Bonchev–Trinajstić information content (AvgIpc) is 2.65. The molecule has 2 rings (SSSR count). The second kappa shape index (κ2) is 5.61. The molecule has 0 fully saturated rings. The van der Waals surface area contributed by atoms with Gasteiger partial charge in [-0.25, -0.2) is 4.98 Å². The molecule has 0 aliphatic heterocycles. The van der Waals surface area contributed by atoms with Crippen LogP contribution >= 0.6 is 0 Å². The Kier molecular flexibility index (Phi) is 4.10. The first-order valence-electron chi connectivity index (χ1n) is 6.81. The number of aromatic nitrogens is 2. The number of likely N-dealkylation sites (N-methyl/N-ethyl adjacent to an activating group) is 1. The Morgan fingerprint density at radius 1 is 1.26 bits per heavy atom. The molecule has 4 nitrogen and oxygen atoms in total. The standard InChI is InChI=1S/C15H24N4/c1-11(2)13(10-18(3)4)17-15-16-12-8-6-7-9-14(12)19(15)5/h6-9,11,13H,10H2,1-5H3,(H,16,17). The predicted octanol–water partition coefficient (Wildman–Crippen LogP) is 2.57. The molecule has 19 heavy (non-hydrogen) atoms. The lowest BCUT2D eigenvalue weighted by molar-refractivity contribution is 0.343. The van der Waals surface area contributed by atoms with Crippen molar-refractivity contribution in [3.63, 3.8) is 0 Å². The summed E-state index contributed by atoms with van der Waals surface area (Å²) in [5.74, 6) is 1.50. The van der Waals surface area contributed by atoms with E-state index in [1.54, 1.807) is 0 Å². The van der Waals surface area contributed by atoms with Gasteiger partial charge in [-0.1, -0.05) is 26.0 Å². The summed E-state index contributed by atoms with van der Waals surface area (Å²) in [6, 6.07) is 8.62. The van der Waals surface area contributed by atoms with Crippen LogP contribution in [0, 0.1) is 5.92 Å². The van der Waals surface area contributed by atoms with Crippen LogP contribution in [0.1, 0.15) is 13.8 Å². The molecule has 1 heterocycles. The Bertz CT molecular complexity index is 542. The van der Waals surface area contributed by atoms with E-state index in [4.69, 9.17) is 0 Å². The van der Waals surface area contributed by atoms with Gasteiger partial charge in [-0.05, 0) is 32.1 Å². The van der Waals surface area contributed by atoms with E-state index in [9.17, 15) is 0 Å². The zero-order valence-electron chi connectivity index (χ0n) is 12.5. The normalized spacial score (nSPS) is 13.4. The summed E-state index contributed by atoms with van der Waals surface area (Å²) < 4.78 is 2.13. The Morgan fingerprint density at radius 2 is 1.95 bits per heavy atom. The van der Waals surface area contributed by atoms with E-state index in [-0.39, 0.29) is 0 Å². The molecule has 2 aromatic rings. The summed E-state index contributed by atoms with van der Waals surface area (Å²) in [5, 5.41) is 3.58. The van der Waals surface area contributed by atoms with Gasteiger partial charge in [0.15, 0.2) is 0 Å². The van der Waals surface area contributed by atoms with Crippen molar-refractivity contribution < 1.29 is 0 Å². The smallest absolute Gasteiger partial charge is 0.203 e. The minimum Gasteiger partial charge on any atom is -0.351 e. The van der Waals surface area contributed by atoms with Gasteiger partial charge in [-0.3, -0.25) is 0 Å². The highest BCUT2D eigenvalue weighted by atomic mass is 15.2. The van der Waals surface area contributed by atoms with Crippen molar-refractivity contribution >= 4 is 17.0 Å². The Morgan fingerprint density at radius 3 is 2.53 bits per heavy atom. The van der Waals surface area contributed by atoms with Crippen molar-refractivity contribution in [2.24, 2.45) is 13.0 Å². The first-order valence-corrected chi connectivity index (χ1v) is 6.81. The lowest BCUT2D eigenvalue weighted by Crippen LogP contribution is -2.37. The number of fused-ring (bicyclic) bond motifs is 1. The number of aryl methyl sites for hydroxylation is 1. The molecular formula is C15H24N4. The van der Waals surface area contributed by atoms with Gasteiger partial charge in [0.25, 0.3) is 0 Å². The Labute approximate surface area is 115 Å². The minimum atomic E-state index is 0.394. The molecule has 0 saturated heterocycles. The SMILES string of the molecule is CC(C)C(CN(C)C)Nc1nc2ccccc2n1C. The van der Waals surface area contributed by atoms with Crippen LogP contribution in [-0.4, -0.2) is 41.1 Å². The van der Waals surface area contributed by atoms with E-state index in [1.807, 2.05) is 12.1 Å². The Hall–Kier alpha value is -1.55. The first kappa shape index (κ1) is 13.9. The summed E-state index contributed by atoms with van der Waals surface area (Å²) in [7, 11) is 6.27. The number of anilines is 1. The van der Waals surface area contributed by atoms with Crippen LogP contribution < -0.4 is 5.32 Å². The molecule has 1 N–H and O–H groups in total. The number of para-hydroxylation sites is 2. The van der Waals surface area contributed by atoms with Gasteiger partial charge in [0.2, 0.25) is 5.95 Å². The number of hydrogen-bond acceptors (Lipinski definition) is 3. The van der Waals surface area contributed by atoms with Gasteiger partial charge >= 0.3 is 0 Å². The molecule has 0 bridgehead atoms. The third-order valence-electron chi connectivity index (χ3n) is 3.47.